The Bertz CT molecular complexity index is 1290. The monoisotopic (exact) mass is 506 g/mol. The molecule has 2 aliphatic heterocycles. The molecule has 0 N–H and O–H groups in total. The predicted molar refractivity (Wildman–Crippen MR) is 134 cm³/mol. The van der Waals surface area contributed by atoms with Crippen molar-refractivity contribution in [2.75, 3.05) is 24.5 Å². The average Bonchev–Trinajstić information content (AvgIpc) is 3.19. The van der Waals surface area contributed by atoms with Gasteiger partial charge in [0.25, 0.3) is 0 Å². The average molecular weight is 507 g/mol. The molecule has 3 aromatic rings. The molecule has 3 aromatic carbocycles. The van der Waals surface area contributed by atoms with Crippen molar-refractivity contribution in [3.8, 4) is 11.1 Å². The highest BCUT2D eigenvalue weighted by Crippen LogP contribution is 2.37. The molecule has 2 fully saturated rings. The van der Waals surface area contributed by atoms with E-state index in [1.54, 1.807) is 17.0 Å². The third-order valence-electron chi connectivity index (χ3n) is 7.03. The van der Waals surface area contributed by atoms with Crippen LogP contribution in [-0.2, 0) is 20.9 Å². The van der Waals surface area contributed by atoms with Gasteiger partial charge in [0.2, 0.25) is 0 Å². The first-order valence-electron chi connectivity index (χ1n) is 12.1. The molecule has 0 aromatic heterocycles. The number of anilines is 1. The van der Waals surface area contributed by atoms with Gasteiger partial charge in [-0.2, -0.15) is 9.59 Å². The molecule has 192 valence electrons. The highest BCUT2D eigenvalue weighted by molar-refractivity contribution is 5.90. The largest absolute Gasteiger partial charge is 0.441 e. The molecule has 6 nitrogen and oxygen atoms in total. The van der Waals surface area contributed by atoms with Crippen LogP contribution in [0.4, 0.5) is 19.3 Å². The first-order chi connectivity index (χ1) is 17.8. The maximum atomic E-state index is 14.4. The van der Waals surface area contributed by atoms with Crippen LogP contribution in [0, 0.1) is 25.5 Å². The minimum absolute atomic E-state index is 0.250. The van der Waals surface area contributed by atoms with Crippen LogP contribution in [0.1, 0.15) is 29.5 Å². The number of rotatable bonds is 4. The summed E-state index contributed by atoms with van der Waals surface area (Å²) in [6, 6.07) is 18.1. The quantitative estimate of drug-likeness (QED) is 0.457. The molecule has 2 heterocycles. The first-order valence-corrected chi connectivity index (χ1v) is 12.1. The second-order valence-corrected chi connectivity index (χ2v) is 9.54. The zero-order valence-electron chi connectivity index (χ0n) is 20.8. The number of piperidine rings is 1. The van der Waals surface area contributed by atoms with Gasteiger partial charge in [-0.05, 0) is 54.3 Å². The number of carbonyl (C=O) groups excluding carboxylic acids is 3. The molecule has 2 aliphatic rings. The minimum Gasteiger partial charge on any atom is -0.441 e. The van der Waals surface area contributed by atoms with Gasteiger partial charge in [-0.15, -0.1) is 0 Å². The fourth-order valence-corrected chi connectivity index (χ4v) is 5.33. The summed E-state index contributed by atoms with van der Waals surface area (Å²) in [5.74, 6) is -1.64. The summed E-state index contributed by atoms with van der Waals surface area (Å²) in [7, 11) is 0. The summed E-state index contributed by atoms with van der Waals surface area (Å²) in [6.07, 6.45) is 1.55. The maximum absolute atomic E-state index is 14.4. The summed E-state index contributed by atoms with van der Waals surface area (Å²) in [4.78, 5) is 32.9. The van der Waals surface area contributed by atoms with Crippen molar-refractivity contribution in [3.63, 3.8) is 0 Å². The second-order valence-electron chi connectivity index (χ2n) is 9.54. The maximum Gasteiger partial charge on any atom is 0.415 e. The third kappa shape index (κ3) is 5.61. The van der Waals surface area contributed by atoms with E-state index in [0.717, 1.165) is 66.5 Å². The molecule has 0 unspecified atom stereocenters. The van der Waals surface area contributed by atoms with E-state index >= 15 is 0 Å². The lowest BCUT2D eigenvalue weighted by molar-refractivity contribution is -0.191. The van der Waals surface area contributed by atoms with Gasteiger partial charge >= 0.3 is 12.2 Å². The van der Waals surface area contributed by atoms with Crippen LogP contribution in [0.3, 0.4) is 0 Å². The lowest BCUT2D eigenvalue weighted by Crippen LogP contribution is -2.46. The van der Waals surface area contributed by atoms with Crippen molar-refractivity contribution in [2.45, 2.75) is 38.8 Å². The van der Waals surface area contributed by atoms with Crippen molar-refractivity contribution < 1.29 is 27.9 Å². The van der Waals surface area contributed by atoms with Crippen LogP contribution in [0.2, 0.25) is 0 Å². The number of hydrogen-bond acceptors (Lipinski definition) is 5. The van der Waals surface area contributed by atoms with E-state index in [1.165, 1.54) is 0 Å². The molecule has 1 amide bonds. The molecular formula is C29H28F2N2O4. The Hall–Kier alpha value is -3.87. The molecule has 0 radical (unpaired) electrons. The van der Waals surface area contributed by atoms with Crippen molar-refractivity contribution in [1.29, 1.82) is 0 Å². The second kappa shape index (κ2) is 11.0. The van der Waals surface area contributed by atoms with Crippen molar-refractivity contribution >= 4 is 17.9 Å². The first kappa shape index (κ1) is 26.2. The summed E-state index contributed by atoms with van der Waals surface area (Å²) in [5.41, 5.74) is 4.47. The van der Waals surface area contributed by atoms with Gasteiger partial charge < -0.3 is 4.74 Å². The van der Waals surface area contributed by atoms with Gasteiger partial charge in [-0.1, -0.05) is 42.5 Å². The molecule has 2 saturated heterocycles. The van der Waals surface area contributed by atoms with Crippen LogP contribution in [-0.4, -0.2) is 42.4 Å². The van der Waals surface area contributed by atoms with Crippen molar-refractivity contribution in [3.05, 3.63) is 89.0 Å². The number of carbonyl (C=O) groups is 1. The van der Waals surface area contributed by atoms with Gasteiger partial charge in [-0.25, -0.2) is 13.6 Å². The highest BCUT2D eigenvalue weighted by Gasteiger charge is 2.47. The SMILES string of the molecule is Cc1cc(CN2CCC3(CC2)CN(c2ccccc2)C(=O)O3)cc(C)c1-c1cccc(F)c1F.O=C=O. The topological polar surface area (TPSA) is 66.9 Å². The summed E-state index contributed by atoms with van der Waals surface area (Å²) in [5, 5.41) is 0. The van der Waals surface area contributed by atoms with Crippen LogP contribution in [0.5, 0.6) is 0 Å². The van der Waals surface area contributed by atoms with E-state index in [1.807, 2.05) is 44.2 Å². The number of para-hydroxylation sites is 1. The van der Waals surface area contributed by atoms with Crippen molar-refractivity contribution in [2.24, 2.45) is 0 Å². The number of likely N-dealkylation sites (tertiary alicyclic amines) is 1. The fraction of sp³-hybridized carbons (Fsp3) is 0.310. The van der Waals surface area contributed by atoms with Gasteiger partial charge in [0, 0.05) is 43.7 Å². The summed E-state index contributed by atoms with van der Waals surface area (Å²) < 4.78 is 34.1. The van der Waals surface area contributed by atoms with Gasteiger partial charge in [0.05, 0.1) is 6.54 Å². The smallest absolute Gasteiger partial charge is 0.415 e. The van der Waals surface area contributed by atoms with Gasteiger partial charge in [0.15, 0.2) is 11.6 Å². The Labute approximate surface area is 214 Å². The van der Waals surface area contributed by atoms with E-state index in [4.69, 9.17) is 14.3 Å². The van der Waals surface area contributed by atoms with Crippen LogP contribution in [0.15, 0.2) is 60.7 Å². The number of amides is 1. The lowest BCUT2D eigenvalue weighted by Gasteiger charge is -2.37. The summed E-state index contributed by atoms with van der Waals surface area (Å²) >= 11 is 0. The number of aryl methyl sites for hydroxylation is 2. The number of nitrogens with zero attached hydrogens (tertiary/aromatic N) is 2. The highest BCUT2D eigenvalue weighted by atomic mass is 19.2. The summed E-state index contributed by atoms with van der Waals surface area (Å²) in [6.45, 7) is 6.88. The van der Waals surface area contributed by atoms with Crippen molar-refractivity contribution in [1.82, 2.24) is 4.90 Å². The molecule has 0 atom stereocenters. The minimum atomic E-state index is -0.832. The Kier molecular flexibility index (Phi) is 7.81. The zero-order valence-corrected chi connectivity index (χ0v) is 20.8. The van der Waals surface area contributed by atoms with Crippen LogP contribution >= 0.6 is 0 Å². The van der Waals surface area contributed by atoms with E-state index in [9.17, 15) is 13.6 Å². The molecule has 5 rings (SSSR count). The third-order valence-corrected chi connectivity index (χ3v) is 7.03. The van der Waals surface area contributed by atoms with Crippen LogP contribution < -0.4 is 4.90 Å². The molecular weight excluding hydrogens is 478 g/mol. The van der Waals surface area contributed by atoms with E-state index < -0.39 is 17.2 Å². The predicted octanol–water partition coefficient (Wildman–Crippen LogP) is 5.66. The number of halogens is 2. The zero-order chi connectivity index (χ0) is 26.6. The molecule has 1 spiro atoms. The molecule has 0 bridgehead atoms. The van der Waals surface area contributed by atoms with E-state index in [-0.39, 0.29) is 12.2 Å². The molecule has 8 heteroatoms. The Balaban J connectivity index is 0.00000102. The number of hydrogen-bond donors (Lipinski definition) is 0. The van der Waals surface area contributed by atoms with E-state index in [0.29, 0.717) is 12.1 Å². The fourth-order valence-electron chi connectivity index (χ4n) is 5.33. The Morgan fingerprint density at radius 2 is 1.57 bits per heavy atom. The standard InChI is InChI=1S/C28H28F2N2O2.CO2/c1-19-15-21(16-20(2)25(19)23-9-6-10-24(29)26(23)30)17-31-13-11-28(12-14-31)18-32(27(33)34-28)22-7-4-3-5-8-22;2-1-3/h3-10,15-16H,11-14,17-18H2,1-2H3;. The molecule has 37 heavy (non-hydrogen) atoms. The normalized spacial score (nSPS) is 16.6. The van der Waals surface area contributed by atoms with Gasteiger partial charge in [0.1, 0.15) is 5.60 Å². The number of ether oxygens (including phenoxy) is 1. The van der Waals surface area contributed by atoms with E-state index in [2.05, 4.69) is 17.0 Å². The lowest BCUT2D eigenvalue weighted by atomic mass is 9.90. The Morgan fingerprint density at radius 1 is 0.946 bits per heavy atom. The van der Waals surface area contributed by atoms with Gasteiger partial charge in [-0.3, -0.25) is 9.80 Å². The molecule has 0 aliphatic carbocycles. The number of benzene rings is 3. The van der Waals surface area contributed by atoms with Crippen LogP contribution in [0.25, 0.3) is 11.1 Å². The molecule has 0 saturated carbocycles. The Morgan fingerprint density at radius 3 is 2.19 bits per heavy atom.